The highest BCUT2D eigenvalue weighted by atomic mass is 32.7. The quantitative estimate of drug-likeness (QED) is 0.0670. The predicted octanol–water partition coefficient (Wildman–Crippen LogP) is 12.2. The van der Waals surface area contributed by atoms with Gasteiger partial charge in [0.1, 0.15) is 0 Å². The van der Waals surface area contributed by atoms with E-state index in [0.29, 0.717) is 18.4 Å². The van der Waals surface area contributed by atoms with Crippen LogP contribution in [0.2, 0.25) is 0 Å². The molecular weight excluding hydrogens is 523 g/mol. The highest BCUT2D eigenvalue weighted by Gasteiger charge is 2.37. The fraction of sp³-hybridized carbons (Fsp3) is 1.00. The highest BCUT2D eigenvalue weighted by molar-refractivity contribution is 8.54. The third-order valence-corrected chi connectivity index (χ3v) is 12.0. The Morgan fingerprint density at radius 2 is 1.18 bits per heavy atom. The molecule has 0 saturated carbocycles. The van der Waals surface area contributed by atoms with E-state index in [1.165, 1.54) is 121 Å². The van der Waals surface area contributed by atoms with Gasteiger partial charge in [-0.15, -0.1) is 0 Å². The van der Waals surface area contributed by atoms with Crippen LogP contribution >= 0.6 is 18.2 Å². The van der Waals surface area contributed by atoms with Crippen LogP contribution in [-0.4, -0.2) is 31.7 Å². The van der Waals surface area contributed by atoms with Crippen LogP contribution in [0.5, 0.6) is 0 Å². The van der Waals surface area contributed by atoms with Crippen LogP contribution in [0, 0.1) is 11.8 Å². The van der Waals surface area contributed by atoms with Crippen LogP contribution in [0.4, 0.5) is 0 Å². The van der Waals surface area contributed by atoms with E-state index in [-0.39, 0.29) is 12.2 Å². The zero-order chi connectivity index (χ0) is 28.6. The monoisotopic (exact) mass is 590 g/mol. The Morgan fingerprint density at radius 3 is 1.67 bits per heavy atom. The fourth-order valence-corrected chi connectivity index (χ4v) is 8.39. The molecule has 1 fully saturated rings. The maximum Gasteiger partial charge on any atom is 0.389 e. The standard InChI is InChI=1S/C33H67O4PS/c1-6-10-14-18-22-26-31(25-21-17-13-9-4)37-38(34,39-5)36-29-33-32(27-28-35-33)30(23-19-15-11-7-2)24-20-16-12-8-3/h30-33H,6-29H2,1-5H3/t31?,32?,33-,38?/m0/s1. The number of unbranched alkanes of at least 4 members (excludes halogenated alkanes) is 13. The van der Waals surface area contributed by atoms with Gasteiger partial charge in [-0.05, 0) is 48.7 Å². The zero-order valence-corrected chi connectivity index (χ0v) is 28.5. The first-order valence-corrected chi connectivity index (χ1v) is 20.5. The van der Waals surface area contributed by atoms with Gasteiger partial charge in [-0.3, -0.25) is 9.05 Å². The van der Waals surface area contributed by atoms with Gasteiger partial charge in [0.15, 0.2) is 0 Å². The Balaban J connectivity index is 2.72. The van der Waals surface area contributed by atoms with Crippen LogP contribution in [0.3, 0.4) is 0 Å². The van der Waals surface area contributed by atoms with Gasteiger partial charge in [0.05, 0.1) is 18.8 Å². The second-order valence-corrected chi connectivity index (χ2v) is 16.2. The van der Waals surface area contributed by atoms with E-state index in [9.17, 15) is 4.57 Å². The van der Waals surface area contributed by atoms with Gasteiger partial charge >= 0.3 is 6.80 Å². The second kappa shape index (κ2) is 25.0. The lowest BCUT2D eigenvalue weighted by atomic mass is 9.80. The van der Waals surface area contributed by atoms with Crippen molar-refractivity contribution < 1.29 is 18.3 Å². The molecule has 0 aromatic heterocycles. The molecule has 0 amide bonds. The Labute approximate surface area is 248 Å². The third-order valence-electron chi connectivity index (χ3n) is 8.63. The minimum atomic E-state index is -3.21. The Morgan fingerprint density at radius 1 is 0.718 bits per heavy atom. The van der Waals surface area contributed by atoms with E-state index in [0.717, 1.165) is 38.7 Å². The summed E-state index contributed by atoms with van der Waals surface area (Å²) in [6.45, 7) is 7.08. The molecule has 4 atom stereocenters. The number of ether oxygens (including phenoxy) is 1. The molecule has 234 valence electrons. The molecule has 0 spiro atoms. The summed E-state index contributed by atoms with van der Waals surface area (Å²) in [6, 6.07) is 0. The fourth-order valence-electron chi connectivity index (χ4n) is 6.11. The van der Waals surface area contributed by atoms with Gasteiger partial charge in [-0.25, -0.2) is 4.57 Å². The molecule has 1 aliphatic rings. The first-order valence-electron chi connectivity index (χ1n) is 17.1. The average molecular weight is 591 g/mol. The SMILES string of the molecule is CCCCCCCC(CCCCCC)OP(=O)(OC[C@@H]1OCCC1C(CCCCCC)CCCCCC)SC. The van der Waals surface area contributed by atoms with Crippen LogP contribution in [-0.2, 0) is 18.3 Å². The van der Waals surface area contributed by atoms with Gasteiger partial charge < -0.3 is 4.74 Å². The van der Waals surface area contributed by atoms with Crippen LogP contribution in [0.25, 0.3) is 0 Å². The summed E-state index contributed by atoms with van der Waals surface area (Å²) < 4.78 is 32.6. The molecule has 39 heavy (non-hydrogen) atoms. The molecule has 4 nitrogen and oxygen atoms in total. The van der Waals surface area contributed by atoms with Crippen LogP contribution < -0.4 is 0 Å². The first-order chi connectivity index (χ1) is 19.0. The Bertz CT molecular complexity index is 578. The molecule has 0 N–H and O–H groups in total. The van der Waals surface area contributed by atoms with Crippen LogP contribution in [0.15, 0.2) is 0 Å². The minimum Gasteiger partial charge on any atom is -0.375 e. The predicted molar refractivity (Wildman–Crippen MR) is 173 cm³/mol. The minimum absolute atomic E-state index is 0.0342. The van der Waals surface area contributed by atoms with Crippen molar-refractivity contribution in [2.45, 2.75) is 181 Å². The molecule has 0 aromatic rings. The van der Waals surface area contributed by atoms with Gasteiger partial charge in [0.25, 0.3) is 0 Å². The first kappa shape index (κ1) is 37.5. The van der Waals surface area contributed by atoms with Crippen molar-refractivity contribution in [1.29, 1.82) is 0 Å². The van der Waals surface area contributed by atoms with Crippen molar-refractivity contribution in [1.82, 2.24) is 0 Å². The third kappa shape index (κ3) is 17.9. The summed E-state index contributed by atoms with van der Waals surface area (Å²) in [6.07, 6.45) is 29.3. The number of hydrogen-bond donors (Lipinski definition) is 0. The number of hydrogen-bond acceptors (Lipinski definition) is 5. The molecule has 3 unspecified atom stereocenters. The molecule has 1 rings (SSSR count). The maximum absolute atomic E-state index is 13.8. The lowest BCUT2D eigenvalue weighted by Gasteiger charge is -2.29. The van der Waals surface area contributed by atoms with Gasteiger partial charge in [0, 0.05) is 6.61 Å². The maximum atomic E-state index is 13.8. The van der Waals surface area contributed by atoms with Crippen molar-refractivity contribution in [3.8, 4) is 0 Å². The average Bonchev–Trinajstić information content (AvgIpc) is 3.41. The summed E-state index contributed by atoms with van der Waals surface area (Å²) in [5, 5.41) is 0. The molecule has 1 saturated heterocycles. The molecular formula is C33H67O4PS. The zero-order valence-electron chi connectivity index (χ0n) is 26.8. The Hall–Kier alpha value is 0.460. The lowest BCUT2D eigenvalue weighted by Crippen LogP contribution is -2.28. The van der Waals surface area contributed by atoms with Crippen molar-refractivity contribution in [2.75, 3.05) is 19.5 Å². The molecule has 0 radical (unpaired) electrons. The topological polar surface area (TPSA) is 44.8 Å². The number of rotatable bonds is 28. The largest absolute Gasteiger partial charge is 0.389 e. The van der Waals surface area contributed by atoms with Crippen molar-refractivity contribution in [3.63, 3.8) is 0 Å². The Kier molecular flexibility index (Phi) is 24.0. The van der Waals surface area contributed by atoms with E-state index >= 15 is 0 Å². The van der Waals surface area contributed by atoms with Gasteiger partial charge in [0.2, 0.25) is 0 Å². The molecule has 0 bridgehead atoms. The van der Waals surface area contributed by atoms with Gasteiger partial charge in [-0.1, -0.05) is 150 Å². The van der Waals surface area contributed by atoms with E-state index in [1.807, 2.05) is 6.26 Å². The van der Waals surface area contributed by atoms with E-state index in [2.05, 4.69) is 27.7 Å². The summed E-state index contributed by atoms with van der Waals surface area (Å²) in [4.78, 5) is 0. The highest BCUT2D eigenvalue weighted by Crippen LogP contribution is 2.61. The molecule has 1 heterocycles. The summed E-state index contributed by atoms with van der Waals surface area (Å²) in [5.74, 6) is 1.21. The van der Waals surface area contributed by atoms with Crippen molar-refractivity contribution in [2.24, 2.45) is 11.8 Å². The summed E-state index contributed by atoms with van der Waals surface area (Å²) in [5.41, 5.74) is 0. The van der Waals surface area contributed by atoms with E-state index in [1.54, 1.807) is 0 Å². The van der Waals surface area contributed by atoms with E-state index < -0.39 is 6.80 Å². The molecule has 6 heteroatoms. The van der Waals surface area contributed by atoms with Crippen LogP contribution in [0.1, 0.15) is 169 Å². The van der Waals surface area contributed by atoms with Gasteiger partial charge in [-0.2, -0.15) is 0 Å². The molecule has 1 aliphatic heterocycles. The normalized spacial score (nSPS) is 20.1. The summed E-state index contributed by atoms with van der Waals surface area (Å²) in [7, 11) is 0. The van der Waals surface area contributed by atoms with Crippen molar-refractivity contribution in [3.05, 3.63) is 0 Å². The molecule has 0 aromatic carbocycles. The molecule has 0 aliphatic carbocycles. The summed E-state index contributed by atoms with van der Waals surface area (Å²) >= 11 is 1.28. The van der Waals surface area contributed by atoms with Crippen molar-refractivity contribution >= 4 is 18.2 Å². The second-order valence-electron chi connectivity index (χ2n) is 12.0. The lowest BCUT2D eigenvalue weighted by molar-refractivity contribution is 0.0247. The smallest absolute Gasteiger partial charge is 0.375 e. The van der Waals surface area contributed by atoms with E-state index in [4.69, 9.17) is 13.8 Å².